The fraction of sp³-hybridized carbons (Fsp3) is 0.417. The van der Waals surface area contributed by atoms with Gasteiger partial charge in [-0.3, -0.25) is 10.1 Å². The molecule has 8 heteroatoms. The van der Waals surface area contributed by atoms with Crippen molar-refractivity contribution in [1.29, 1.82) is 0 Å². The first-order valence-corrected chi connectivity index (χ1v) is 5.64. The van der Waals surface area contributed by atoms with E-state index in [1.165, 1.54) is 39.3 Å². The van der Waals surface area contributed by atoms with Crippen LogP contribution in [0, 0.1) is 10.1 Å². The molecule has 1 atom stereocenters. The molecule has 0 aliphatic rings. The van der Waals surface area contributed by atoms with Gasteiger partial charge >= 0.3 is 11.7 Å². The van der Waals surface area contributed by atoms with Gasteiger partial charge in [-0.25, -0.2) is 4.79 Å². The Kier molecular flexibility index (Phi) is 4.87. The van der Waals surface area contributed by atoms with Crippen LogP contribution in [-0.2, 0) is 9.53 Å². The van der Waals surface area contributed by atoms with E-state index < -0.39 is 16.4 Å². The van der Waals surface area contributed by atoms with Crippen LogP contribution in [0.4, 0.5) is 5.69 Å². The lowest BCUT2D eigenvalue weighted by molar-refractivity contribution is -0.386. The van der Waals surface area contributed by atoms with Crippen molar-refractivity contribution < 1.29 is 23.9 Å². The van der Waals surface area contributed by atoms with Crippen molar-refractivity contribution >= 4 is 11.7 Å². The standard InChI is InChI=1S/C12H16N2O6/c1-12(13,11(15)19-3)7-20-10-5-4-8(18-2)6-9(10)14(16)17/h4-6H,7,13H2,1-3H3. The molecule has 1 aromatic carbocycles. The second-order valence-electron chi connectivity index (χ2n) is 4.29. The third-order valence-corrected chi connectivity index (χ3v) is 2.54. The molecule has 0 saturated heterocycles. The molecule has 1 aromatic rings. The molecular weight excluding hydrogens is 268 g/mol. The summed E-state index contributed by atoms with van der Waals surface area (Å²) in [5.41, 5.74) is 4.03. The van der Waals surface area contributed by atoms with Gasteiger partial charge in [0.2, 0.25) is 0 Å². The van der Waals surface area contributed by atoms with Crippen molar-refractivity contribution in [2.24, 2.45) is 5.73 Å². The Balaban J connectivity index is 2.93. The van der Waals surface area contributed by atoms with Gasteiger partial charge in [0, 0.05) is 0 Å². The fourth-order valence-corrected chi connectivity index (χ4v) is 1.41. The van der Waals surface area contributed by atoms with Crippen LogP contribution < -0.4 is 15.2 Å². The molecule has 0 aliphatic carbocycles. The minimum Gasteiger partial charge on any atom is -0.496 e. The topological polar surface area (TPSA) is 114 Å². The van der Waals surface area contributed by atoms with Crippen LogP contribution in [0.2, 0.25) is 0 Å². The molecule has 2 N–H and O–H groups in total. The van der Waals surface area contributed by atoms with Crippen LogP contribution in [0.1, 0.15) is 6.92 Å². The first-order valence-electron chi connectivity index (χ1n) is 5.64. The van der Waals surface area contributed by atoms with E-state index in [2.05, 4.69) is 4.74 Å². The van der Waals surface area contributed by atoms with Gasteiger partial charge in [0.05, 0.1) is 25.2 Å². The van der Waals surface area contributed by atoms with E-state index in [0.717, 1.165) is 0 Å². The number of nitro groups is 1. The second kappa shape index (κ2) is 6.20. The van der Waals surface area contributed by atoms with Crippen molar-refractivity contribution in [3.63, 3.8) is 0 Å². The highest BCUT2D eigenvalue weighted by atomic mass is 16.6. The zero-order valence-electron chi connectivity index (χ0n) is 11.4. The van der Waals surface area contributed by atoms with Crippen LogP contribution in [0.3, 0.4) is 0 Å². The van der Waals surface area contributed by atoms with Crippen LogP contribution in [0.5, 0.6) is 11.5 Å². The number of nitro benzene ring substituents is 1. The normalized spacial score (nSPS) is 13.2. The Morgan fingerprint density at radius 3 is 2.60 bits per heavy atom. The molecule has 0 radical (unpaired) electrons. The summed E-state index contributed by atoms with van der Waals surface area (Å²) in [5, 5.41) is 11.0. The van der Waals surface area contributed by atoms with Crippen molar-refractivity contribution in [2.45, 2.75) is 12.5 Å². The van der Waals surface area contributed by atoms with Crippen LogP contribution >= 0.6 is 0 Å². The average molecular weight is 284 g/mol. The van der Waals surface area contributed by atoms with E-state index in [9.17, 15) is 14.9 Å². The summed E-state index contributed by atoms with van der Waals surface area (Å²) < 4.78 is 14.7. The maximum absolute atomic E-state index is 11.4. The zero-order chi connectivity index (χ0) is 15.3. The molecule has 20 heavy (non-hydrogen) atoms. The maximum Gasteiger partial charge on any atom is 0.329 e. The number of hydrogen-bond donors (Lipinski definition) is 1. The Morgan fingerprint density at radius 2 is 2.10 bits per heavy atom. The molecule has 0 amide bonds. The summed E-state index contributed by atoms with van der Waals surface area (Å²) in [5.74, 6) is -0.349. The predicted molar refractivity (Wildman–Crippen MR) is 69.8 cm³/mol. The number of nitrogens with two attached hydrogens (primary N) is 1. The fourth-order valence-electron chi connectivity index (χ4n) is 1.41. The molecule has 8 nitrogen and oxygen atoms in total. The van der Waals surface area contributed by atoms with Gasteiger partial charge in [0.1, 0.15) is 17.9 Å². The van der Waals surface area contributed by atoms with E-state index >= 15 is 0 Å². The SMILES string of the molecule is COC(=O)C(C)(N)COc1ccc(OC)cc1[N+](=O)[O-]. The Hall–Kier alpha value is -2.35. The number of benzene rings is 1. The highest BCUT2D eigenvalue weighted by molar-refractivity contribution is 5.80. The molecule has 0 saturated carbocycles. The number of ether oxygens (including phenoxy) is 3. The van der Waals surface area contributed by atoms with E-state index in [-0.39, 0.29) is 18.0 Å². The van der Waals surface area contributed by atoms with Crippen LogP contribution in [0.15, 0.2) is 18.2 Å². The third-order valence-electron chi connectivity index (χ3n) is 2.54. The number of esters is 1. The Morgan fingerprint density at radius 1 is 1.45 bits per heavy atom. The molecule has 1 unspecified atom stereocenters. The Bertz CT molecular complexity index is 515. The van der Waals surface area contributed by atoms with Crippen molar-refractivity contribution in [3.8, 4) is 11.5 Å². The van der Waals surface area contributed by atoms with Crippen molar-refractivity contribution in [3.05, 3.63) is 28.3 Å². The highest BCUT2D eigenvalue weighted by Gasteiger charge is 2.31. The van der Waals surface area contributed by atoms with Gasteiger partial charge in [-0.1, -0.05) is 0 Å². The largest absolute Gasteiger partial charge is 0.496 e. The molecule has 1 rings (SSSR count). The average Bonchev–Trinajstić information content (AvgIpc) is 2.43. The predicted octanol–water partition coefficient (Wildman–Crippen LogP) is 0.873. The molecule has 0 heterocycles. The summed E-state index contributed by atoms with van der Waals surface area (Å²) in [6.07, 6.45) is 0. The third kappa shape index (κ3) is 3.58. The first kappa shape index (κ1) is 15.7. The van der Waals surface area contributed by atoms with Crippen LogP contribution in [0.25, 0.3) is 0 Å². The molecule has 0 aliphatic heterocycles. The summed E-state index contributed by atoms with van der Waals surface area (Å²) in [4.78, 5) is 21.7. The number of nitrogens with zero attached hydrogens (tertiary/aromatic N) is 1. The number of carbonyl (C=O) groups is 1. The van der Waals surface area contributed by atoms with Crippen LogP contribution in [-0.4, -0.2) is 37.3 Å². The summed E-state index contributed by atoms with van der Waals surface area (Å²) in [7, 11) is 2.59. The number of hydrogen-bond acceptors (Lipinski definition) is 7. The minimum absolute atomic E-state index is 0.00335. The quantitative estimate of drug-likeness (QED) is 0.468. The summed E-state index contributed by atoms with van der Waals surface area (Å²) >= 11 is 0. The van der Waals surface area contributed by atoms with Gasteiger partial charge in [0.25, 0.3) is 0 Å². The zero-order valence-corrected chi connectivity index (χ0v) is 11.4. The van der Waals surface area contributed by atoms with Gasteiger partial charge < -0.3 is 19.9 Å². The molecule has 0 aromatic heterocycles. The summed E-state index contributed by atoms with van der Waals surface area (Å²) in [6.45, 7) is 1.15. The lowest BCUT2D eigenvalue weighted by Crippen LogP contribution is -2.50. The minimum atomic E-state index is -1.40. The number of rotatable bonds is 6. The maximum atomic E-state index is 11.4. The molecule has 0 fully saturated rings. The molecule has 110 valence electrons. The number of carbonyl (C=O) groups excluding carboxylic acids is 1. The smallest absolute Gasteiger partial charge is 0.329 e. The lowest BCUT2D eigenvalue weighted by atomic mass is 10.1. The number of methoxy groups -OCH3 is 2. The Labute approximate surface area is 115 Å². The van der Waals surface area contributed by atoms with E-state index in [1.54, 1.807) is 0 Å². The van der Waals surface area contributed by atoms with Gasteiger partial charge in [0.15, 0.2) is 5.75 Å². The highest BCUT2D eigenvalue weighted by Crippen LogP contribution is 2.31. The summed E-state index contributed by atoms with van der Waals surface area (Å²) in [6, 6.07) is 4.11. The van der Waals surface area contributed by atoms with E-state index in [1.807, 2.05) is 0 Å². The first-order chi connectivity index (χ1) is 9.31. The van der Waals surface area contributed by atoms with E-state index in [0.29, 0.717) is 5.75 Å². The van der Waals surface area contributed by atoms with Gasteiger partial charge in [-0.15, -0.1) is 0 Å². The van der Waals surface area contributed by atoms with E-state index in [4.69, 9.17) is 15.2 Å². The van der Waals surface area contributed by atoms with Crippen molar-refractivity contribution in [1.82, 2.24) is 0 Å². The molecule has 0 bridgehead atoms. The second-order valence-corrected chi connectivity index (χ2v) is 4.29. The van der Waals surface area contributed by atoms with Gasteiger partial charge in [-0.05, 0) is 19.1 Å². The van der Waals surface area contributed by atoms with Gasteiger partial charge in [-0.2, -0.15) is 0 Å². The molecule has 0 spiro atoms. The van der Waals surface area contributed by atoms with Crippen molar-refractivity contribution in [2.75, 3.05) is 20.8 Å². The lowest BCUT2D eigenvalue weighted by Gasteiger charge is -2.21. The molecular formula is C12H16N2O6. The monoisotopic (exact) mass is 284 g/mol.